The van der Waals surface area contributed by atoms with Gasteiger partial charge < -0.3 is 19.5 Å². The van der Waals surface area contributed by atoms with Crippen LogP contribution in [0.15, 0.2) is 28.7 Å². The Hall–Kier alpha value is -1.11. The summed E-state index contributed by atoms with van der Waals surface area (Å²) in [6.45, 7) is 7.05. The first kappa shape index (κ1) is 18.2. The monoisotopic (exact) mass is 385 g/mol. The van der Waals surface area contributed by atoms with Gasteiger partial charge in [-0.15, -0.1) is 0 Å². The maximum absolute atomic E-state index is 11.6. The van der Waals surface area contributed by atoms with Gasteiger partial charge in [-0.25, -0.2) is 4.79 Å². The molecule has 1 amide bonds. The van der Waals surface area contributed by atoms with Crippen LogP contribution in [0.25, 0.3) is 0 Å². The van der Waals surface area contributed by atoms with Crippen LogP contribution in [0.4, 0.5) is 4.79 Å². The summed E-state index contributed by atoms with van der Waals surface area (Å²) in [6, 6.07) is 7.76. The number of nitrogens with zero attached hydrogens (tertiary/aromatic N) is 1. The fourth-order valence-electron chi connectivity index (χ4n) is 2.50. The zero-order valence-corrected chi connectivity index (χ0v) is 15.4. The van der Waals surface area contributed by atoms with Crippen molar-refractivity contribution in [2.75, 3.05) is 19.8 Å². The van der Waals surface area contributed by atoms with Gasteiger partial charge in [-0.05, 0) is 44.9 Å². The third-order valence-corrected chi connectivity index (χ3v) is 4.23. The fraction of sp³-hybridized carbons (Fsp3) is 0.588. The van der Waals surface area contributed by atoms with Crippen molar-refractivity contribution in [1.82, 2.24) is 4.90 Å². The summed E-state index contributed by atoms with van der Waals surface area (Å²) in [5.41, 5.74) is 0.837. The van der Waals surface area contributed by atoms with Crippen molar-refractivity contribution >= 4 is 22.0 Å². The molecule has 2 rings (SSSR count). The summed E-state index contributed by atoms with van der Waals surface area (Å²) in [5.74, 6) is 0. The number of amides is 1. The van der Waals surface area contributed by atoms with Crippen LogP contribution in [0, 0.1) is 0 Å². The molecule has 2 atom stereocenters. The molecule has 1 N–H and O–H groups in total. The lowest BCUT2D eigenvalue weighted by atomic mass is 10.0. The van der Waals surface area contributed by atoms with Gasteiger partial charge in [0.15, 0.2) is 0 Å². The lowest BCUT2D eigenvalue weighted by Gasteiger charge is -2.38. The first-order valence-electron chi connectivity index (χ1n) is 7.74. The van der Waals surface area contributed by atoms with E-state index in [9.17, 15) is 9.90 Å². The summed E-state index contributed by atoms with van der Waals surface area (Å²) >= 11 is 3.40. The van der Waals surface area contributed by atoms with Crippen LogP contribution >= 0.6 is 15.9 Å². The minimum absolute atomic E-state index is 0.167. The number of hydrogen-bond acceptors (Lipinski definition) is 3. The summed E-state index contributed by atoms with van der Waals surface area (Å²) in [5, 5.41) is 9.50. The van der Waals surface area contributed by atoms with Gasteiger partial charge in [-0.1, -0.05) is 28.1 Å². The zero-order chi connectivity index (χ0) is 17.0. The molecule has 128 valence electrons. The number of halogens is 1. The van der Waals surface area contributed by atoms with Gasteiger partial charge in [0.2, 0.25) is 0 Å². The molecule has 1 heterocycles. The average Bonchev–Trinajstić information content (AvgIpc) is 2.47. The van der Waals surface area contributed by atoms with E-state index in [-0.39, 0.29) is 17.7 Å². The second kappa shape index (κ2) is 7.64. The van der Waals surface area contributed by atoms with Gasteiger partial charge in [0, 0.05) is 4.47 Å². The molecule has 1 saturated heterocycles. The first-order valence-corrected chi connectivity index (χ1v) is 8.53. The highest BCUT2D eigenvalue weighted by Crippen LogP contribution is 2.19. The van der Waals surface area contributed by atoms with Gasteiger partial charge >= 0.3 is 6.09 Å². The van der Waals surface area contributed by atoms with Gasteiger partial charge in [-0.2, -0.15) is 0 Å². The Morgan fingerprint density at radius 3 is 2.61 bits per heavy atom. The van der Waals surface area contributed by atoms with Crippen molar-refractivity contribution in [3.63, 3.8) is 0 Å². The van der Waals surface area contributed by atoms with Crippen molar-refractivity contribution in [2.45, 2.75) is 44.9 Å². The second-order valence-corrected chi connectivity index (χ2v) is 7.71. The summed E-state index contributed by atoms with van der Waals surface area (Å²) in [7, 11) is 0. The smallest absolute Gasteiger partial charge is 0.407 e. The molecule has 5 nitrogen and oxygen atoms in total. The molecule has 23 heavy (non-hydrogen) atoms. The standard InChI is InChI=1S/C17H24BrNO4/c1-17(2,3)23-11-15-9-19(16(20)21)14(10-22-15)8-12-4-6-13(18)7-5-12/h4-7,14-15H,8-11H2,1-3H3,(H,20,21)/t14-,15+/m0/s1. The highest BCUT2D eigenvalue weighted by Gasteiger charge is 2.33. The molecule has 0 unspecified atom stereocenters. The number of hydrogen-bond donors (Lipinski definition) is 1. The molecule has 1 aliphatic rings. The van der Waals surface area contributed by atoms with E-state index in [0.29, 0.717) is 26.2 Å². The van der Waals surface area contributed by atoms with Gasteiger partial charge in [0.1, 0.15) is 0 Å². The second-order valence-electron chi connectivity index (χ2n) is 6.80. The highest BCUT2D eigenvalue weighted by molar-refractivity contribution is 9.10. The number of benzene rings is 1. The van der Waals surface area contributed by atoms with Crippen molar-refractivity contribution in [3.05, 3.63) is 34.3 Å². The van der Waals surface area contributed by atoms with E-state index in [2.05, 4.69) is 15.9 Å². The minimum atomic E-state index is -0.906. The summed E-state index contributed by atoms with van der Waals surface area (Å²) in [6.07, 6.45) is -0.477. The Labute approximate surface area is 145 Å². The normalized spacial score (nSPS) is 22.2. The lowest BCUT2D eigenvalue weighted by molar-refractivity contribution is -0.113. The van der Waals surface area contributed by atoms with Crippen molar-refractivity contribution in [1.29, 1.82) is 0 Å². The van der Waals surface area contributed by atoms with Gasteiger partial charge in [0.05, 0.1) is 37.5 Å². The van der Waals surface area contributed by atoms with Gasteiger partial charge in [-0.3, -0.25) is 0 Å². The predicted molar refractivity (Wildman–Crippen MR) is 91.8 cm³/mol. The Kier molecular flexibility index (Phi) is 6.06. The molecule has 6 heteroatoms. The van der Waals surface area contributed by atoms with E-state index >= 15 is 0 Å². The van der Waals surface area contributed by atoms with Crippen LogP contribution in [-0.2, 0) is 15.9 Å². The summed E-state index contributed by atoms with van der Waals surface area (Å²) in [4.78, 5) is 13.1. The molecule has 1 fully saturated rings. The van der Waals surface area contributed by atoms with Crippen molar-refractivity contribution < 1.29 is 19.4 Å². The molecular weight excluding hydrogens is 362 g/mol. The SMILES string of the molecule is CC(C)(C)OC[C@H]1CN(C(=O)O)[C@@H](Cc2ccc(Br)cc2)CO1. The maximum atomic E-state index is 11.6. The number of rotatable bonds is 4. The lowest BCUT2D eigenvalue weighted by Crippen LogP contribution is -2.54. The molecule has 0 saturated carbocycles. The molecule has 0 aliphatic carbocycles. The molecule has 1 aliphatic heterocycles. The third kappa shape index (κ3) is 5.79. The number of carboxylic acid groups (broad SMARTS) is 1. The molecular formula is C17H24BrNO4. The maximum Gasteiger partial charge on any atom is 0.407 e. The number of carbonyl (C=O) groups is 1. The van der Waals surface area contributed by atoms with E-state index in [0.717, 1.165) is 10.0 Å². The largest absolute Gasteiger partial charge is 0.465 e. The average molecular weight is 386 g/mol. The van der Waals surface area contributed by atoms with E-state index in [1.54, 1.807) is 0 Å². The van der Waals surface area contributed by atoms with E-state index < -0.39 is 6.09 Å². The zero-order valence-electron chi connectivity index (χ0n) is 13.8. The van der Waals surface area contributed by atoms with Crippen LogP contribution in [0.1, 0.15) is 26.3 Å². The summed E-state index contributed by atoms with van der Waals surface area (Å²) < 4.78 is 12.5. The minimum Gasteiger partial charge on any atom is -0.465 e. The number of ether oxygens (including phenoxy) is 2. The highest BCUT2D eigenvalue weighted by atomic mass is 79.9. The van der Waals surface area contributed by atoms with E-state index in [4.69, 9.17) is 9.47 Å². The van der Waals surface area contributed by atoms with Crippen molar-refractivity contribution in [2.24, 2.45) is 0 Å². The Balaban J connectivity index is 1.96. The molecule has 0 aromatic heterocycles. The van der Waals surface area contributed by atoms with Crippen LogP contribution in [0.2, 0.25) is 0 Å². The quantitative estimate of drug-likeness (QED) is 0.860. The van der Waals surface area contributed by atoms with E-state index in [1.807, 2.05) is 45.0 Å². The molecule has 1 aromatic carbocycles. The first-order chi connectivity index (χ1) is 10.7. The molecule has 0 radical (unpaired) electrons. The van der Waals surface area contributed by atoms with Crippen LogP contribution in [0.5, 0.6) is 0 Å². The van der Waals surface area contributed by atoms with Crippen LogP contribution in [0.3, 0.4) is 0 Å². The van der Waals surface area contributed by atoms with Gasteiger partial charge in [0.25, 0.3) is 0 Å². The Morgan fingerprint density at radius 1 is 1.39 bits per heavy atom. The molecule has 0 bridgehead atoms. The molecule has 0 spiro atoms. The predicted octanol–water partition coefficient (Wildman–Crippen LogP) is 3.55. The Bertz CT molecular complexity index is 526. The topological polar surface area (TPSA) is 59.0 Å². The van der Waals surface area contributed by atoms with Crippen LogP contribution in [-0.4, -0.2) is 53.6 Å². The van der Waals surface area contributed by atoms with Crippen molar-refractivity contribution in [3.8, 4) is 0 Å². The Morgan fingerprint density at radius 2 is 2.04 bits per heavy atom. The fourth-order valence-corrected chi connectivity index (χ4v) is 2.76. The van der Waals surface area contributed by atoms with Crippen LogP contribution < -0.4 is 0 Å². The number of morpholine rings is 1. The van der Waals surface area contributed by atoms with E-state index in [1.165, 1.54) is 4.90 Å². The third-order valence-electron chi connectivity index (χ3n) is 3.70. The molecule has 1 aromatic rings.